The molecule has 2 heterocycles. The normalized spacial score (nSPS) is 24.3. The molecule has 1 aromatic carbocycles. The first-order valence-electron chi connectivity index (χ1n) is 6.15. The van der Waals surface area contributed by atoms with Gasteiger partial charge in [0.2, 0.25) is 0 Å². The van der Waals surface area contributed by atoms with Crippen LogP contribution in [0.25, 0.3) is 10.2 Å². The number of nitrogens with zero attached hydrogens (tertiary/aromatic N) is 1. The SMILES string of the molecule is CC1CC(Nc2nc3cc(F)ccc3s2)CCO1. The van der Waals surface area contributed by atoms with Gasteiger partial charge in [-0.25, -0.2) is 9.37 Å². The summed E-state index contributed by atoms with van der Waals surface area (Å²) in [6.45, 7) is 2.87. The summed E-state index contributed by atoms with van der Waals surface area (Å²) in [5.74, 6) is -0.237. The van der Waals surface area contributed by atoms with E-state index in [1.165, 1.54) is 12.1 Å². The van der Waals surface area contributed by atoms with Crippen molar-refractivity contribution in [2.24, 2.45) is 0 Å². The van der Waals surface area contributed by atoms with E-state index in [2.05, 4.69) is 17.2 Å². The molecule has 1 aliphatic heterocycles. The predicted octanol–water partition coefficient (Wildman–Crippen LogP) is 3.41. The Morgan fingerprint density at radius 1 is 1.50 bits per heavy atom. The van der Waals surface area contributed by atoms with Crippen LogP contribution < -0.4 is 5.32 Å². The molecule has 2 atom stereocenters. The van der Waals surface area contributed by atoms with Gasteiger partial charge in [0, 0.05) is 18.7 Å². The van der Waals surface area contributed by atoms with Crippen molar-refractivity contribution in [2.75, 3.05) is 11.9 Å². The first-order valence-corrected chi connectivity index (χ1v) is 6.96. The topological polar surface area (TPSA) is 34.2 Å². The number of hydrogen-bond donors (Lipinski definition) is 1. The molecule has 1 aliphatic rings. The monoisotopic (exact) mass is 266 g/mol. The van der Waals surface area contributed by atoms with Crippen LogP contribution in [-0.2, 0) is 4.74 Å². The second kappa shape index (κ2) is 4.82. The summed E-state index contributed by atoms with van der Waals surface area (Å²) < 4.78 is 19.6. The van der Waals surface area contributed by atoms with Gasteiger partial charge in [0.25, 0.3) is 0 Å². The van der Waals surface area contributed by atoms with E-state index in [4.69, 9.17) is 4.74 Å². The van der Waals surface area contributed by atoms with Crippen molar-refractivity contribution in [3.63, 3.8) is 0 Å². The van der Waals surface area contributed by atoms with Gasteiger partial charge in [-0.2, -0.15) is 0 Å². The van der Waals surface area contributed by atoms with E-state index in [1.54, 1.807) is 17.4 Å². The lowest BCUT2D eigenvalue weighted by Gasteiger charge is -2.27. The quantitative estimate of drug-likeness (QED) is 0.904. The zero-order valence-electron chi connectivity index (χ0n) is 10.1. The predicted molar refractivity (Wildman–Crippen MR) is 71.6 cm³/mol. The van der Waals surface area contributed by atoms with E-state index < -0.39 is 0 Å². The van der Waals surface area contributed by atoms with Gasteiger partial charge in [-0.05, 0) is 31.9 Å². The number of fused-ring (bicyclic) bond motifs is 1. The molecule has 2 unspecified atom stereocenters. The second-order valence-corrected chi connectivity index (χ2v) is 5.71. The van der Waals surface area contributed by atoms with E-state index >= 15 is 0 Å². The molecule has 1 saturated heterocycles. The highest BCUT2D eigenvalue weighted by atomic mass is 32.1. The van der Waals surface area contributed by atoms with Crippen molar-refractivity contribution in [2.45, 2.75) is 31.9 Å². The Morgan fingerprint density at radius 2 is 2.39 bits per heavy atom. The van der Waals surface area contributed by atoms with Gasteiger partial charge < -0.3 is 10.1 Å². The third kappa shape index (κ3) is 2.47. The fourth-order valence-electron chi connectivity index (χ4n) is 2.27. The number of nitrogens with one attached hydrogen (secondary N) is 1. The molecule has 0 saturated carbocycles. The summed E-state index contributed by atoms with van der Waals surface area (Å²) in [6, 6.07) is 5.13. The first kappa shape index (κ1) is 11.9. The largest absolute Gasteiger partial charge is 0.378 e. The minimum atomic E-state index is -0.237. The Morgan fingerprint density at radius 3 is 3.22 bits per heavy atom. The molecular weight excluding hydrogens is 251 g/mol. The van der Waals surface area contributed by atoms with Crippen molar-refractivity contribution >= 4 is 26.7 Å². The highest BCUT2D eigenvalue weighted by molar-refractivity contribution is 7.22. The Bertz CT molecular complexity index is 557. The number of benzene rings is 1. The molecule has 1 fully saturated rings. The van der Waals surface area contributed by atoms with Crippen LogP contribution >= 0.6 is 11.3 Å². The van der Waals surface area contributed by atoms with E-state index in [-0.39, 0.29) is 5.82 Å². The third-order valence-electron chi connectivity index (χ3n) is 3.16. The molecule has 3 rings (SSSR count). The number of thiazole rings is 1. The summed E-state index contributed by atoms with van der Waals surface area (Å²) >= 11 is 1.57. The number of ether oxygens (including phenoxy) is 1. The Balaban J connectivity index is 1.78. The maximum atomic E-state index is 13.1. The summed E-state index contributed by atoms with van der Waals surface area (Å²) in [4.78, 5) is 4.42. The summed E-state index contributed by atoms with van der Waals surface area (Å²) in [5, 5.41) is 4.30. The van der Waals surface area contributed by atoms with Crippen molar-refractivity contribution in [3.05, 3.63) is 24.0 Å². The van der Waals surface area contributed by atoms with E-state index in [9.17, 15) is 4.39 Å². The standard InChI is InChI=1S/C13H15FN2OS/c1-8-6-10(4-5-17-8)15-13-16-11-7-9(14)2-3-12(11)18-13/h2-3,7-8,10H,4-6H2,1H3,(H,15,16). The van der Waals surface area contributed by atoms with Crippen LogP contribution in [0.4, 0.5) is 9.52 Å². The van der Waals surface area contributed by atoms with Gasteiger partial charge in [-0.3, -0.25) is 0 Å². The van der Waals surface area contributed by atoms with Crippen LogP contribution in [0.3, 0.4) is 0 Å². The zero-order valence-corrected chi connectivity index (χ0v) is 11.0. The second-order valence-electron chi connectivity index (χ2n) is 4.68. The lowest BCUT2D eigenvalue weighted by molar-refractivity contribution is 0.0232. The van der Waals surface area contributed by atoms with Gasteiger partial charge in [-0.15, -0.1) is 0 Å². The lowest BCUT2D eigenvalue weighted by atomic mass is 10.1. The maximum absolute atomic E-state index is 13.1. The molecule has 18 heavy (non-hydrogen) atoms. The van der Waals surface area contributed by atoms with Crippen LogP contribution in [0.15, 0.2) is 18.2 Å². The van der Waals surface area contributed by atoms with Gasteiger partial charge in [0.15, 0.2) is 5.13 Å². The van der Waals surface area contributed by atoms with Crippen molar-refractivity contribution in [1.29, 1.82) is 0 Å². The Labute approximate surface area is 109 Å². The van der Waals surface area contributed by atoms with Crippen molar-refractivity contribution in [3.8, 4) is 0 Å². The highest BCUT2D eigenvalue weighted by Gasteiger charge is 2.20. The van der Waals surface area contributed by atoms with Crippen molar-refractivity contribution in [1.82, 2.24) is 4.98 Å². The van der Waals surface area contributed by atoms with Crippen LogP contribution in [0.2, 0.25) is 0 Å². The average molecular weight is 266 g/mol. The molecule has 0 bridgehead atoms. The molecule has 2 aromatic rings. The molecule has 3 nitrogen and oxygen atoms in total. The first-order chi connectivity index (χ1) is 8.70. The van der Waals surface area contributed by atoms with Gasteiger partial charge in [0.05, 0.1) is 16.3 Å². The minimum Gasteiger partial charge on any atom is -0.378 e. The maximum Gasteiger partial charge on any atom is 0.184 e. The number of hydrogen-bond acceptors (Lipinski definition) is 4. The van der Waals surface area contributed by atoms with Crippen LogP contribution in [0.1, 0.15) is 19.8 Å². The summed E-state index contributed by atoms with van der Waals surface area (Å²) in [5.41, 5.74) is 0.725. The molecular formula is C13H15FN2OS. The molecule has 0 aliphatic carbocycles. The molecule has 0 spiro atoms. The van der Waals surface area contributed by atoms with Gasteiger partial charge >= 0.3 is 0 Å². The summed E-state index contributed by atoms with van der Waals surface area (Å²) in [7, 11) is 0. The van der Waals surface area contributed by atoms with Crippen LogP contribution in [0, 0.1) is 5.82 Å². The van der Waals surface area contributed by atoms with Crippen LogP contribution in [-0.4, -0.2) is 23.7 Å². The number of aromatic nitrogens is 1. The van der Waals surface area contributed by atoms with Crippen LogP contribution in [0.5, 0.6) is 0 Å². The average Bonchev–Trinajstić information content (AvgIpc) is 2.70. The van der Waals surface area contributed by atoms with E-state index in [1.807, 2.05) is 0 Å². The molecule has 1 N–H and O–H groups in total. The third-order valence-corrected chi connectivity index (χ3v) is 4.13. The lowest BCUT2D eigenvalue weighted by Crippen LogP contribution is -2.32. The molecule has 0 amide bonds. The number of anilines is 1. The zero-order chi connectivity index (χ0) is 12.5. The van der Waals surface area contributed by atoms with Gasteiger partial charge in [-0.1, -0.05) is 11.3 Å². The highest BCUT2D eigenvalue weighted by Crippen LogP contribution is 2.28. The number of rotatable bonds is 2. The van der Waals surface area contributed by atoms with E-state index in [0.29, 0.717) is 12.1 Å². The Hall–Kier alpha value is -1.20. The molecule has 1 aromatic heterocycles. The van der Waals surface area contributed by atoms with Crippen molar-refractivity contribution < 1.29 is 9.13 Å². The smallest absolute Gasteiger partial charge is 0.184 e. The molecule has 5 heteroatoms. The molecule has 96 valence electrons. The summed E-state index contributed by atoms with van der Waals surface area (Å²) in [6.07, 6.45) is 2.28. The Kier molecular flexibility index (Phi) is 3.18. The fourth-order valence-corrected chi connectivity index (χ4v) is 3.19. The van der Waals surface area contributed by atoms with E-state index in [0.717, 1.165) is 34.8 Å². The number of halogens is 1. The molecule has 0 radical (unpaired) electrons. The fraction of sp³-hybridized carbons (Fsp3) is 0.462. The minimum absolute atomic E-state index is 0.237. The van der Waals surface area contributed by atoms with Gasteiger partial charge in [0.1, 0.15) is 5.82 Å².